The number of piperidine rings is 1. The number of benzene rings is 2. The Kier molecular flexibility index (Phi) is 6.49. The van der Waals surface area contributed by atoms with E-state index in [2.05, 4.69) is 43.7 Å². The third-order valence-corrected chi connectivity index (χ3v) is 7.34. The first kappa shape index (κ1) is 23.4. The van der Waals surface area contributed by atoms with Crippen LogP contribution in [-0.4, -0.2) is 47.2 Å². The van der Waals surface area contributed by atoms with Crippen LogP contribution in [0.2, 0.25) is 0 Å². The Morgan fingerprint density at radius 2 is 1.69 bits per heavy atom. The summed E-state index contributed by atoms with van der Waals surface area (Å²) in [5.74, 6) is -0.304. The van der Waals surface area contributed by atoms with Crippen LogP contribution in [0.3, 0.4) is 0 Å². The second-order valence-electron chi connectivity index (χ2n) is 8.98. The summed E-state index contributed by atoms with van der Waals surface area (Å²) in [6, 6.07) is 20.8. The van der Waals surface area contributed by atoms with Gasteiger partial charge in [0.15, 0.2) is 0 Å². The molecule has 0 saturated carbocycles. The zero-order valence-corrected chi connectivity index (χ0v) is 20.3. The fourth-order valence-electron chi connectivity index (χ4n) is 4.73. The predicted molar refractivity (Wildman–Crippen MR) is 134 cm³/mol. The molecule has 1 fully saturated rings. The zero-order valence-electron chi connectivity index (χ0n) is 19.5. The molecule has 0 aliphatic carbocycles. The summed E-state index contributed by atoms with van der Waals surface area (Å²) >= 11 is 0. The average molecular weight is 491 g/mol. The highest BCUT2D eigenvalue weighted by molar-refractivity contribution is 7.90. The van der Waals surface area contributed by atoms with Gasteiger partial charge in [0.05, 0.1) is 11.4 Å². The van der Waals surface area contributed by atoms with E-state index < -0.39 is 9.84 Å². The van der Waals surface area contributed by atoms with E-state index in [-0.39, 0.29) is 17.0 Å². The first-order chi connectivity index (χ1) is 16.9. The largest absolute Gasteiger partial charge is 0.343 e. The van der Waals surface area contributed by atoms with Crippen molar-refractivity contribution in [1.29, 1.82) is 0 Å². The number of hydrogen-bond acceptors (Lipinski definition) is 5. The van der Waals surface area contributed by atoms with Crippen LogP contribution in [0, 0.1) is 5.82 Å². The molecule has 4 aromatic rings. The molecule has 0 spiro atoms. The molecule has 0 unspecified atom stereocenters. The van der Waals surface area contributed by atoms with Crippen LogP contribution in [0.4, 0.5) is 4.39 Å². The van der Waals surface area contributed by atoms with E-state index in [9.17, 15) is 12.8 Å². The molecule has 0 N–H and O–H groups in total. The SMILES string of the molecule is CS(=O)(=O)c1nccc(-c2c(-c3ccc(F)cc3)ccn2C2CCN(Cc3ccccc3)CC2)n1. The molecule has 2 aromatic carbocycles. The zero-order chi connectivity index (χ0) is 24.4. The average Bonchev–Trinajstić information content (AvgIpc) is 3.30. The number of sulfone groups is 1. The Morgan fingerprint density at radius 3 is 2.37 bits per heavy atom. The molecule has 5 rings (SSSR count). The molecule has 180 valence electrons. The lowest BCUT2D eigenvalue weighted by atomic mass is 10.0. The highest BCUT2D eigenvalue weighted by atomic mass is 32.2. The lowest BCUT2D eigenvalue weighted by Gasteiger charge is -2.33. The molecule has 1 aliphatic heterocycles. The van der Waals surface area contributed by atoms with Gasteiger partial charge in [-0.15, -0.1) is 0 Å². The Bertz CT molecular complexity index is 1410. The molecule has 0 bridgehead atoms. The third kappa shape index (κ3) is 5.18. The maximum atomic E-state index is 13.6. The first-order valence-corrected chi connectivity index (χ1v) is 13.5. The van der Waals surface area contributed by atoms with Crippen molar-refractivity contribution in [3.05, 3.63) is 90.5 Å². The molecule has 0 radical (unpaired) electrons. The van der Waals surface area contributed by atoms with Crippen LogP contribution in [-0.2, 0) is 16.4 Å². The van der Waals surface area contributed by atoms with E-state index >= 15 is 0 Å². The maximum Gasteiger partial charge on any atom is 0.247 e. The molecule has 3 heterocycles. The van der Waals surface area contributed by atoms with Gasteiger partial charge in [-0.05, 0) is 48.2 Å². The van der Waals surface area contributed by atoms with Crippen molar-refractivity contribution in [3.8, 4) is 22.5 Å². The molecule has 1 aliphatic rings. The van der Waals surface area contributed by atoms with Gasteiger partial charge in [-0.2, -0.15) is 0 Å². The van der Waals surface area contributed by atoms with E-state index in [4.69, 9.17) is 0 Å². The number of rotatable bonds is 6. The van der Waals surface area contributed by atoms with Crippen LogP contribution in [0.5, 0.6) is 0 Å². The minimum Gasteiger partial charge on any atom is -0.343 e. The van der Waals surface area contributed by atoms with Gasteiger partial charge in [-0.25, -0.2) is 22.8 Å². The Morgan fingerprint density at radius 1 is 0.971 bits per heavy atom. The van der Waals surface area contributed by atoms with Crippen molar-refractivity contribution < 1.29 is 12.8 Å². The summed E-state index contributed by atoms with van der Waals surface area (Å²) < 4.78 is 40.1. The first-order valence-electron chi connectivity index (χ1n) is 11.6. The van der Waals surface area contributed by atoms with E-state index in [0.717, 1.165) is 55.6 Å². The second-order valence-corrected chi connectivity index (χ2v) is 10.9. The molecule has 0 atom stereocenters. The lowest BCUT2D eigenvalue weighted by Crippen LogP contribution is -2.34. The molecular weight excluding hydrogens is 463 g/mol. The van der Waals surface area contributed by atoms with Gasteiger partial charge < -0.3 is 4.57 Å². The van der Waals surface area contributed by atoms with Gasteiger partial charge in [0.25, 0.3) is 0 Å². The van der Waals surface area contributed by atoms with E-state index in [1.54, 1.807) is 18.2 Å². The smallest absolute Gasteiger partial charge is 0.247 e. The van der Waals surface area contributed by atoms with E-state index in [0.29, 0.717) is 5.69 Å². The summed E-state index contributed by atoms with van der Waals surface area (Å²) in [7, 11) is -3.56. The van der Waals surface area contributed by atoms with Crippen molar-refractivity contribution in [3.63, 3.8) is 0 Å². The Hall–Kier alpha value is -3.36. The number of halogens is 1. The predicted octanol–water partition coefficient (Wildman–Crippen LogP) is 4.99. The topological polar surface area (TPSA) is 68.1 Å². The monoisotopic (exact) mass is 490 g/mol. The normalized spacial score (nSPS) is 15.4. The lowest BCUT2D eigenvalue weighted by molar-refractivity contribution is 0.180. The van der Waals surface area contributed by atoms with Crippen molar-refractivity contribution in [2.75, 3.05) is 19.3 Å². The van der Waals surface area contributed by atoms with Crippen LogP contribution in [0.15, 0.2) is 84.3 Å². The Balaban J connectivity index is 1.48. The van der Waals surface area contributed by atoms with Gasteiger partial charge >= 0.3 is 0 Å². The summed E-state index contributed by atoms with van der Waals surface area (Å²) in [6.45, 7) is 2.85. The second kappa shape index (κ2) is 9.71. The van der Waals surface area contributed by atoms with Crippen molar-refractivity contribution in [1.82, 2.24) is 19.4 Å². The van der Waals surface area contributed by atoms with Crippen LogP contribution in [0.1, 0.15) is 24.4 Å². The Labute approximate surface area is 205 Å². The number of likely N-dealkylation sites (tertiary alicyclic amines) is 1. The molecule has 6 nitrogen and oxygen atoms in total. The maximum absolute atomic E-state index is 13.6. The van der Waals surface area contributed by atoms with Crippen LogP contribution in [0.25, 0.3) is 22.5 Å². The molecular formula is C27H27FN4O2S. The fourth-order valence-corrected chi connectivity index (χ4v) is 5.25. The van der Waals surface area contributed by atoms with Gasteiger partial charge in [-0.1, -0.05) is 42.5 Å². The highest BCUT2D eigenvalue weighted by Crippen LogP contribution is 2.37. The molecule has 35 heavy (non-hydrogen) atoms. The standard InChI is InChI=1S/C27H27FN4O2S/c1-35(33,34)27-29-15-11-25(30-27)26-24(21-7-9-22(28)10-8-21)14-18-32(26)23-12-16-31(17-13-23)19-20-5-3-2-4-6-20/h2-11,14-15,18,23H,12-13,16-17,19H2,1H3. The fraction of sp³-hybridized carbons (Fsp3) is 0.259. The number of nitrogens with zero attached hydrogens (tertiary/aromatic N) is 4. The van der Waals surface area contributed by atoms with Crippen molar-refractivity contribution >= 4 is 9.84 Å². The molecule has 2 aromatic heterocycles. The number of aromatic nitrogens is 3. The summed E-state index contributed by atoms with van der Waals surface area (Å²) in [5, 5.41) is -0.203. The van der Waals surface area contributed by atoms with Crippen molar-refractivity contribution in [2.45, 2.75) is 30.6 Å². The summed E-state index contributed by atoms with van der Waals surface area (Å²) in [6.07, 6.45) is 6.54. The van der Waals surface area contributed by atoms with Crippen LogP contribution < -0.4 is 0 Å². The molecule has 0 amide bonds. The van der Waals surface area contributed by atoms with Gasteiger partial charge in [0.2, 0.25) is 15.0 Å². The van der Waals surface area contributed by atoms with E-state index in [1.165, 1.54) is 23.9 Å². The highest BCUT2D eigenvalue weighted by Gasteiger charge is 2.25. The van der Waals surface area contributed by atoms with Crippen molar-refractivity contribution in [2.24, 2.45) is 0 Å². The van der Waals surface area contributed by atoms with Gasteiger partial charge in [0.1, 0.15) is 5.82 Å². The van der Waals surface area contributed by atoms with Gasteiger partial charge in [-0.3, -0.25) is 4.90 Å². The molecule has 1 saturated heterocycles. The van der Waals surface area contributed by atoms with Crippen LogP contribution >= 0.6 is 0 Å². The quantitative estimate of drug-likeness (QED) is 0.356. The third-order valence-electron chi connectivity index (χ3n) is 6.48. The molecule has 8 heteroatoms. The minimum absolute atomic E-state index is 0.203. The minimum atomic E-state index is -3.56. The van der Waals surface area contributed by atoms with E-state index in [1.807, 2.05) is 18.3 Å². The van der Waals surface area contributed by atoms with Gasteiger partial charge in [0, 0.05) is 49.9 Å². The summed E-state index contributed by atoms with van der Waals surface area (Å²) in [5.41, 5.74) is 4.40. The summed E-state index contributed by atoms with van der Waals surface area (Å²) in [4.78, 5) is 10.8. The number of hydrogen-bond donors (Lipinski definition) is 0.